The molecule has 1 saturated heterocycles. The largest absolute Gasteiger partial charge is 0.422 e. The molecule has 1 atom stereocenters. The van der Waals surface area contributed by atoms with Gasteiger partial charge in [0.2, 0.25) is 10.0 Å². The Morgan fingerprint density at radius 3 is 2.71 bits per heavy atom. The number of benzene rings is 1. The molecule has 0 saturated carbocycles. The summed E-state index contributed by atoms with van der Waals surface area (Å²) in [6.07, 6.45) is 2.60. The minimum Gasteiger partial charge on any atom is -0.422 e. The average Bonchev–Trinajstić information content (AvgIpc) is 2.42. The van der Waals surface area contributed by atoms with Gasteiger partial charge in [0.1, 0.15) is 11.9 Å². The van der Waals surface area contributed by atoms with Gasteiger partial charge < -0.3 is 4.74 Å². The summed E-state index contributed by atoms with van der Waals surface area (Å²) >= 11 is 0. The van der Waals surface area contributed by atoms with Gasteiger partial charge in [-0.25, -0.2) is 22.0 Å². The highest BCUT2D eigenvalue weighted by atomic mass is 32.2. The molecule has 2 rings (SSSR count). The molecule has 0 aliphatic carbocycles. The van der Waals surface area contributed by atoms with E-state index in [9.17, 15) is 22.0 Å². The van der Waals surface area contributed by atoms with Gasteiger partial charge >= 0.3 is 5.97 Å². The lowest BCUT2D eigenvalue weighted by Crippen LogP contribution is -2.49. The second kappa shape index (κ2) is 6.07. The van der Waals surface area contributed by atoms with Crippen molar-refractivity contribution >= 4 is 16.0 Å². The third-order valence-corrected chi connectivity index (χ3v) is 4.54. The van der Waals surface area contributed by atoms with Gasteiger partial charge in [0.25, 0.3) is 0 Å². The Morgan fingerprint density at radius 2 is 2.05 bits per heavy atom. The number of hydrogen-bond acceptors (Lipinski definition) is 4. The summed E-state index contributed by atoms with van der Waals surface area (Å²) in [6.45, 7) is 0.213. The maximum Gasteiger partial charge on any atom is 0.329 e. The Balaban J connectivity index is 2.20. The Kier molecular flexibility index (Phi) is 4.58. The van der Waals surface area contributed by atoms with Gasteiger partial charge in [0.05, 0.1) is 6.26 Å². The fraction of sp³-hybridized carbons (Fsp3) is 0.462. The van der Waals surface area contributed by atoms with Gasteiger partial charge in [-0.05, 0) is 31.4 Å². The van der Waals surface area contributed by atoms with E-state index in [0.29, 0.717) is 19.3 Å². The summed E-state index contributed by atoms with van der Waals surface area (Å²) in [5.74, 6) is -3.07. The Bertz CT molecular complexity index is 648. The topological polar surface area (TPSA) is 63.7 Å². The van der Waals surface area contributed by atoms with E-state index in [1.54, 1.807) is 0 Å². The molecule has 1 fully saturated rings. The molecule has 116 valence electrons. The predicted molar refractivity (Wildman–Crippen MR) is 71.2 cm³/mol. The number of piperidine rings is 1. The fourth-order valence-corrected chi connectivity index (χ4v) is 3.38. The smallest absolute Gasteiger partial charge is 0.329 e. The first kappa shape index (κ1) is 15.8. The molecule has 0 aromatic heterocycles. The number of esters is 1. The van der Waals surface area contributed by atoms with E-state index in [4.69, 9.17) is 4.74 Å². The van der Waals surface area contributed by atoms with Crippen LogP contribution >= 0.6 is 0 Å². The molecule has 0 radical (unpaired) electrons. The maximum absolute atomic E-state index is 13.5. The Morgan fingerprint density at radius 1 is 1.33 bits per heavy atom. The van der Waals surface area contributed by atoms with E-state index in [2.05, 4.69) is 0 Å². The zero-order valence-corrected chi connectivity index (χ0v) is 12.2. The summed E-state index contributed by atoms with van der Waals surface area (Å²) in [5.41, 5.74) is 0. The van der Waals surface area contributed by atoms with Crippen molar-refractivity contribution in [2.24, 2.45) is 0 Å². The van der Waals surface area contributed by atoms with Crippen LogP contribution in [0.25, 0.3) is 0 Å². The van der Waals surface area contributed by atoms with Crippen molar-refractivity contribution < 1.29 is 26.7 Å². The molecule has 0 unspecified atom stereocenters. The van der Waals surface area contributed by atoms with E-state index in [0.717, 1.165) is 28.8 Å². The van der Waals surface area contributed by atoms with Crippen molar-refractivity contribution in [3.63, 3.8) is 0 Å². The number of nitrogens with zero attached hydrogens (tertiary/aromatic N) is 1. The SMILES string of the molecule is CS(=O)(=O)N1CCCC[C@H]1C(=O)Oc1cc(F)ccc1F. The highest BCUT2D eigenvalue weighted by Crippen LogP contribution is 2.24. The summed E-state index contributed by atoms with van der Waals surface area (Å²) in [6, 6.07) is 1.49. The highest BCUT2D eigenvalue weighted by Gasteiger charge is 2.36. The van der Waals surface area contributed by atoms with Crippen LogP contribution in [0.3, 0.4) is 0 Å². The number of sulfonamides is 1. The van der Waals surface area contributed by atoms with Crippen LogP contribution in [0, 0.1) is 11.6 Å². The third-order valence-electron chi connectivity index (χ3n) is 3.26. The molecule has 5 nitrogen and oxygen atoms in total. The zero-order valence-electron chi connectivity index (χ0n) is 11.4. The van der Waals surface area contributed by atoms with Gasteiger partial charge in [-0.15, -0.1) is 0 Å². The van der Waals surface area contributed by atoms with Crippen LogP contribution in [0.5, 0.6) is 5.75 Å². The van der Waals surface area contributed by atoms with Crippen LogP contribution in [0.15, 0.2) is 18.2 Å². The lowest BCUT2D eigenvalue weighted by Gasteiger charge is -2.31. The number of carbonyl (C=O) groups excluding carboxylic acids is 1. The lowest BCUT2D eigenvalue weighted by molar-refractivity contribution is -0.139. The minimum atomic E-state index is -3.57. The van der Waals surface area contributed by atoms with Gasteiger partial charge in [-0.1, -0.05) is 0 Å². The average molecular weight is 319 g/mol. The van der Waals surface area contributed by atoms with E-state index >= 15 is 0 Å². The molecule has 1 aliphatic rings. The van der Waals surface area contributed by atoms with Crippen molar-refractivity contribution in [1.82, 2.24) is 4.31 Å². The van der Waals surface area contributed by atoms with Gasteiger partial charge in [-0.2, -0.15) is 4.31 Å². The number of hydrogen-bond donors (Lipinski definition) is 0. The van der Waals surface area contributed by atoms with Crippen LogP contribution in [0.1, 0.15) is 19.3 Å². The summed E-state index contributed by atoms with van der Waals surface area (Å²) in [4.78, 5) is 12.1. The molecule has 0 bridgehead atoms. The van der Waals surface area contributed by atoms with Gasteiger partial charge in [-0.3, -0.25) is 0 Å². The molecule has 1 heterocycles. The molecule has 0 N–H and O–H groups in total. The zero-order chi connectivity index (χ0) is 15.6. The number of carbonyl (C=O) groups is 1. The van der Waals surface area contributed by atoms with Crippen molar-refractivity contribution in [1.29, 1.82) is 0 Å². The van der Waals surface area contributed by atoms with E-state index < -0.39 is 39.4 Å². The molecular formula is C13H15F2NO4S. The molecular weight excluding hydrogens is 304 g/mol. The minimum absolute atomic E-state index is 0.213. The van der Waals surface area contributed by atoms with Crippen molar-refractivity contribution in [2.75, 3.05) is 12.8 Å². The quantitative estimate of drug-likeness (QED) is 0.628. The van der Waals surface area contributed by atoms with Crippen LogP contribution in [0.4, 0.5) is 8.78 Å². The highest BCUT2D eigenvalue weighted by molar-refractivity contribution is 7.88. The summed E-state index contributed by atoms with van der Waals surface area (Å²) in [7, 11) is -3.57. The van der Waals surface area contributed by atoms with Gasteiger partial charge in [0.15, 0.2) is 11.6 Å². The van der Waals surface area contributed by atoms with Crippen LogP contribution in [-0.2, 0) is 14.8 Å². The molecule has 8 heteroatoms. The van der Waals surface area contributed by atoms with Crippen molar-refractivity contribution in [3.05, 3.63) is 29.8 Å². The monoisotopic (exact) mass is 319 g/mol. The van der Waals surface area contributed by atoms with Crippen LogP contribution in [-0.4, -0.2) is 37.5 Å². The Hall–Kier alpha value is -1.54. The third kappa shape index (κ3) is 3.76. The van der Waals surface area contributed by atoms with E-state index in [-0.39, 0.29) is 6.54 Å². The molecule has 1 aliphatic heterocycles. The summed E-state index contributed by atoms with van der Waals surface area (Å²) < 4.78 is 55.7. The first-order valence-corrected chi connectivity index (χ1v) is 8.27. The van der Waals surface area contributed by atoms with Gasteiger partial charge in [0, 0.05) is 12.6 Å². The van der Waals surface area contributed by atoms with E-state index in [1.165, 1.54) is 0 Å². The number of ether oxygens (including phenoxy) is 1. The molecule has 0 amide bonds. The van der Waals surface area contributed by atoms with Crippen molar-refractivity contribution in [2.45, 2.75) is 25.3 Å². The standard InChI is InChI=1S/C13H15F2NO4S/c1-21(18,19)16-7-3-2-4-11(16)13(17)20-12-8-9(14)5-6-10(12)15/h5-6,8,11H,2-4,7H2,1H3/t11-/m0/s1. The second-order valence-corrected chi connectivity index (χ2v) is 6.82. The first-order chi connectivity index (χ1) is 9.79. The second-order valence-electron chi connectivity index (χ2n) is 4.88. The number of halogens is 2. The van der Waals surface area contributed by atoms with E-state index in [1.807, 2.05) is 0 Å². The fourth-order valence-electron chi connectivity index (χ4n) is 2.27. The molecule has 1 aromatic rings. The van der Waals surface area contributed by atoms with Crippen LogP contribution in [0.2, 0.25) is 0 Å². The lowest BCUT2D eigenvalue weighted by atomic mass is 10.1. The summed E-state index contributed by atoms with van der Waals surface area (Å²) in [5, 5.41) is 0. The Labute approximate surface area is 121 Å². The molecule has 0 spiro atoms. The number of rotatable bonds is 3. The van der Waals surface area contributed by atoms with Crippen molar-refractivity contribution in [3.8, 4) is 5.75 Å². The molecule has 21 heavy (non-hydrogen) atoms. The normalized spacial score (nSPS) is 20.2. The van der Waals surface area contributed by atoms with Crippen LogP contribution < -0.4 is 4.74 Å². The predicted octanol–water partition coefficient (Wildman–Crippen LogP) is 1.68. The molecule has 1 aromatic carbocycles. The first-order valence-electron chi connectivity index (χ1n) is 6.42. The maximum atomic E-state index is 13.5.